The van der Waals surface area contributed by atoms with Crippen molar-refractivity contribution >= 4 is 22.6 Å². The smallest absolute Gasteiger partial charge is 0.240 e. The van der Waals surface area contributed by atoms with Gasteiger partial charge in [0.25, 0.3) is 0 Å². The molecular formula is C21H19FN2O2. The Balaban J connectivity index is 1.69. The van der Waals surface area contributed by atoms with Crippen molar-refractivity contribution in [2.24, 2.45) is 5.73 Å². The number of primary amides is 1. The molecule has 3 aromatic carbocycles. The summed E-state index contributed by atoms with van der Waals surface area (Å²) in [5, 5.41) is 4.74. The van der Waals surface area contributed by atoms with Gasteiger partial charge in [-0.1, -0.05) is 60.7 Å². The second-order valence-electron chi connectivity index (χ2n) is 6.18. The monoisotopic (exact) mass is 350 g/mol. The molecular weight excluding hydrogens is 331 g/mol. The Morgan fingerprint density at radius 3 is 2.38 bits per heavy atom. The molecule has 0 saturated carbocycles. The molecule has 3 rings (SSSR count). The van der Waals surface area contributed by atoms with E-state index in [0.29, 0.717) is 5.56 Å². The van der Waals surface area contributed by atoms with Crippen LogP contribution in [0.2, 0.25) is 0 Å². The maximum atomic E-state index is 13.8. The van der Waals surface area contributed by atoms with Crippen LogP contribution < -0.4 is 11.1 Å². The summed E-state index contributed by atoms with van der Waals surface area (Å²) in [5.41, 5.74) is 6.54. The summed E-state index contributed by atoms with van der Waals surface area (Å²) in [5.74, 6) is -1.46. The number of hydrogen-bond acceptors (Lipinski definition) is 2. The molecule has 0 heterocycles. The fourth-order valence-electron chi connectivity index (χ4n) is 2.89. The summed E-state index contributed by atoms with van der Waals surface area (Å²) in [7, 11) is 0. The van der Waals surface area contributed by atoms with Gasteiger partial charge in [0, 0.05) is 6.42 Å². The third-order valence-corrected chi connectivity index (χ3v) is 4.24. The quantitative estimate of drug-likeness (QED) is 0.717. The molecule has 0 aliphatic carbocycles. The molecule has 132 valence electrons. The first-order valence-corrected chi connectivity index (χ1v) is 8.32. The van der Waals surface area contributed by atoms with Crippen LogP contribution in [0.25, 0.3) is 10.8 Å². The summed E-state index contributed by atoms with van der Waals surface area (Å²) in [6.45, 7) is 0. The lowest BCUT2D eigenvalue weighted by atomic mass is 10.0. The third-order valence-electron chi connectivity index (χ3n) is 4.24. The fraction of sp³-hybridized carbons (Fsp3) is 0.143. The molecule has 0 fully saturated rings. The zero-order chi connectivity index (χ0) is 18.5. The van der Waals surface area contributed by atoms with Crippen molar-refractivity contribution in [3.8, 4) is 0 Å². The van der Waals surface area contributed by atoms with Crippen LogP contribution in [0.15, 0.2) is 66.7 Å². The minimum atomic E-state index is -0.958. The summed E-state index contributed by atoms with van der Waals surface area (Å²) in [6.07, 6.45) is 0.136. The molecule has 0 radical (unpaired) electrons. The topological polar surface area (TPSA) is 72.2 Å². The van der Waals surface area contributed by atoms with Crippen LogP contribution in [0.4, 0.5) is 4.39 Å². The van der Waals surface area contributed by atoms with Crippen LogP contribution in [0, 0.1) is 5.82 Å². The molecule has 3 aromatic rings. The lowest BCUT2D eigenvalue weighted by molar-refractivity contribution is -0.127. The lowest BCUT2D eigenvalue weighted by Crippen LogP contribution is -2.46. The van der Waals surface area contributed by atoms with Crippen molar-refractivity contribution in [2.75, 3.05) is 0 Å². The number of carbonyl (C=O) groups is 2. The summed E-state index contributed by atoms with van der Waals surface area (Å²) in [6, 6.07) is 18.8. The van der Waals surface area contributed by atoms with Gasteiger partial charge in [0.2, 0.25) is 11.8 Å². The Morgan fingerprint density at radius 1 is 0.962 bits per heavy atom. The number of halogens is 1. The Morgan fingerprint density at radius 2 is 1.65 bits per heavy atom. The number of nitrogens with two attached hydrogens (primary N) is 1. The van der Waals surface area contributed by atoms with E-state index in [1.807, 2.05) is 42.5 Å². The van der Waals surface area contributed by atoms with Gasteiger partial charge in [-0.05, 0) is 28.0 Å². The first-order valence-electron chi connectivity index (χ1n) is 8.32. The number of rotatable bonds is 6. The zero-order valence-electron chi connectivity index (χ0n) is 14.1. The molecule has 0 saturated heterocycles. The second-order valence-corrected chi connectivity index (χ2v) is 6.18. The zero-order valence-corrected chi connectivity index (χ0v) is 14.1. The van der Waals surface area contributed by atoms with E-state index in [9.17, 15) is 14.0 Å². The molecule has 4 nitrogen and oxygen atoms in total. The van der Waals surface area contributed by atoms with Crippen LogP contribution in [-0.2, 0) is 22.4 Å². The second kappa shape index (κ2) is 7.78. The van der Waals surface area contributed by atoms with Crippen LogP contribution in [0.3, 0.4) is 0 Å². The largest absolute Gasteiger partial charge is 0.368 e. The lowest BCUT2D eigenvalue weighted by Gasteiger charge is -2.16. The number of hydrogen-bond donors (Lipinski definition) is 2. The first-order chi connectivity index (χ1) is 12.5. The number of fused-ring (bicyclic) bond motifs is 1. The van der Waals surface area contributed by atoms with Crippen molar-refractivity contribution in [1.29, 1.82) is 0 Å². The van der Waals surface area contributed by atoms with Crippen LogP contribution in [0.1, 0.15) is 11.1 Å². The van der Waals surface area contributed by atoms with Crippen molar-refractivity contribution in [2.45, 2.75) is 18.9 Å². The van der Waals surface area contributed by atoms with Crippen LogP contribution in [-0.4, -0.2) is 17.9 Å². The SMILES string of the molecule is NC(=O)[C@@H](Cc1ccccc1F)NC(=O)Cc1ccc2ccccc2c1. The fourth-order valence-corrected chi connectivity index (χ4v) is 2.89. The molecule has 0 aliphatic rings. The molecule has 0 bridgehead atoms. The van der Waals surface area contributed by atoms with E-state index in [-0.39, 0.29) is 18.7 Å². The third kappa shape index (κ3) is 4.25. The summed E-state index contributed by atoms with van der Waals surface area (Å²) in [4.78, 5) is 24.0. The van der Waals surface area contributed by atoms with Gasteiger partial charge in [-0.3, -0.25) is 9.59 Å². The molecule has 2 amide bonds. The van der Waals surface area contributed by atoms with E-state index in [1.165, 1.54) is 6.07 Å². The van der Waals surface area contributed by atoms with Crippen molar-refractivity contribution in [1.82, 2.24) is 5.32 Å². The highest BCUT2D eigenvalue weighted by Crippen LogP contribution is 2.16. The van der Waals surface area contributed by atoms with E-state index in [1.54, 1.807) is 18.2 Å². The van der Waals surface area contributed by atoms with Gasteiger partial charge in [-0.25, -0.2) is 4.39 Å². The Hall–Kier alpha value is -3.21. The summed E-state index contributed by atoms with van der Waals surface area (Å²) < 4.78 is 13.8. The van der Waals surface area contributed by atoms with Crippen LogP contribution in [0.5, 0.6) is 0 Å². The van der Waals surface area contributed by atoms with Gasteiger partial charge in [0.15, 0.2) is 0 Å². The minimum Gasteiger partial charge on any atom is -0.368 e. The predicted octanol–water partition coefficient (Wildman–Crippen LogP) is 2.73. The van der Waals surface area contributed by atoms with Crippen molar-refractivity contribution in [3.63, 3.8) is 0 Å². The van der Waals surface area contributed by atoms with Gasteiger partial charge in [-0.15, -0.1) is 0 Å². The van der Waals surface area contributed by atoms with Crippen LogP contribution >= 0.6 is 0 Å². The van der Waals surface area contributed by atoms with E-state index in [0.717, 1.165) is 16.3 Å². The Bertz CT molecular complexity index is 955. The highest BCUT2D eigenvalue weighted by Gasteiger charge is 2.20. The summed E-state index contributed by atoms with van der Waals surface area (Å²) >= 11 is 0. The molecule has 0 aromatic heterocycles. The average molecular weight is 350 g/mol. The molecule has 0 unspecified atom stereocenters. The molecule has 5 heteroatoms. The van der Waals surface area contributed by atoms with Gasteiger partial charge in [-0.2, -0.15) is 0 Å². The number of benzene rings is 3. The Labute approximate surface area is 150 Å². The van der Waals surface area contributed by atoms with Gasteiger partial charge in [0.1, 0.15) is 11.9 Å². The highest BCUT2D eigenvalue weighted by atomic mass is 19.1. The van der Waals surface area contributed by atoms with Gasteiger partial charge in [0.05, 0.1) is 6.42 Å². The molecule has 0 aliphatic heterocycles. The van der Waals surface area contributed by atoms with E-state index >= 15 is 0 Å². The molecule has 26 heavy (non-hydrogen) atoms. The normalized spacial score (nSPS) is 11.9. The van der Waals surface area contributed by atoms with Crippen molar-refractivity contribution < 1.29 is 14.0 Å². The van der Waals surface area contributed by atoms with E-state index in [4.69, 9.17) is 5.73 Å². The average Bonchev–Trinajstić information content (AvgIpc) is 2.62. The van der Waals surface area contributed by atoms with Crippen molar-refractivity contribution in [3.05, 3.63) is 83.7 Å². The first kappa shape index (κ1) is 17.6. The van der Waals surface area contributed by atoms with Gasteiger partial charge >= 0.3 is 0 Å². The predicted molar refractivity (Wildman–Crippen MR) is 98.9 cm³/mol. The molecule has 3 N–H and O–H groups in total. The van der Waals surface area contributed by atoms with Gasteiger partial charge < -0.3 is 11.1 Å². The minimum absolute atomic E-state index is 0.0193. The standard InChI is InChI=1S/C21H19FN2O2/c22-18-8-4-3-7-17(18)13-19(21(23)26)24-20(25)12-14-9-10-15-5-1-2-6-16(15)11-14/h1-11,19H,12-13H2,(H2,23,26)(H,24,25)/t19-/m1/s1. The maximum absolute atomic E-state index is 13.8. The Kier molecular flexibility index (Phi) is 5.27. The highest BCUT2D eigenvalue weighted by molar-refractivity contribution is 5.89. The number of amides is 2. The number of nitrogens with one attached hydrogen (secondary N) is 1. The van der Waals surface area contributed by atoms with E-state index in [2.05, 4.69) is 5.32 Å². The number of carbonyl (C=O) groups excluding carboxylic acids is 2. The molecule has 0 spiro atoms. The molecule has 1 atom stereocenters. The van der Waals surface area contributed by atoms with E-state index < -0.39 is 17.8 Å². The maximum Gasteiger partial charge on any atom is 0.240 e.